The van der Waals surface area contributed by atoms with E-state index in [-0.39, 0.29) is 17.1 Å². The number of pyridine rings is 1. The fourth-order valence-electron chi connectivity index (χ4n) is 1.77. The third-order valence-electron chi connectivity index (χ3n) is 2.83. The maximum atomic E-state index is 12.1. The monoisotopic (exact) mass is 356 g/mol. The van der Waals surface area contributed by atoms with Crippen LogP contribution in [-0.2, 0) is 6.42 Å². The molecule has 2 aromatic heterocycles. The molecule has 0 saturated heterocycles. The average Bonchev–Trinajstić information content (AvgIpc) is 2.92. The van der Waals surface area contributed by atoms with E-state index in [1.165, 1.54) is 0 Å². The van der Waals surface area contributed by atoms with E-state index in [1.54, 1.807) is 18.5 Å². The number of nitrogens with one attached hydrogen (secondary N) is 1. The molecule has 0 spiro atoms. The number of carbonyl (C=O) groups excluding carboxylic acids is 1. The lowest BCUT2D eigenvalue weighted by Crippen LogP contribution is -2.33. The molecule has 2 rings (SSSR count). The van der Waals surface area contributed by atoms with Crippen molar-refractivity contribution in [1.82, 2.24) is 10.3 Å². The van der Waals surface area contributed by atoms with Gasteiger partial charge >= 0.3 is 0 Å². The van der Waals surface area contributed by atoms with Gasteiger partial charge in [-0.3, -0.25) is 4.79 Å². The smallest absolute Gasteiger partial charge is 0.254 e. The van der Waals surface area contributed by atoms with E-state index in [1.807, 2.05) is 19.1 Å². The summed E-state index contributed by atoms with van der Waals surface area (Å²) in [5, 5.41) is 3.10. The maximum absolute atomic E-state index is 12.1. The number of aromatic nitrogens is 1. The minimum atomic E-state index is -0.226. The van der Waals surface area contributed by atoms with E-state index in [0.717, 1.165) is 23.1 Å². The first-order chi connectivity index (χ1) is 9.56. The summed E-state index contributed by atoms with van der Waals surface area (Å²) in [6, 6.07) is 5.45. The molecule has 0 aliphatic rings. The molecule has 0 saturated carbocycles. The second-order valence-corrected chi connectivity index (χ2v) is 5.76. The van der Waals surface area contributed by atoms with Crippen LogP contribution in [0.1, 0.15) is 29.5 Å². The van der Waals surface area contributed by atoms with Gasteiger partial charge in [0.2, 0.25) is 0 Å². The highest BCUT2D eigenvalue weighted by atomic mass is 79.9. The summed E-state index contributed by atoms with van der Waals surface area (Å²) in [6.45, 7) is 1.94. The van der Waals surface area contributed by atoms with Crippen LogP contribution < -0.4 is 5.32 Å². The van der Waals surface area contributed by atoms with Gasteiger partial charge in [0.05, 0.1) is 11.8 Å². The minimum absolute atomic E-state index is 0.0163. The predicted molar refractivity (Wildman–Crippen MR) is 80.9 cm³/mol. The Morgan fingerprint density at radius 1 is 1.60 bits per heavy atom. The molecule has 0 aliphatic heterocycles. The number of halogens is 2. The van der Waals surface area contributed by atoms with Gasteiger partial charge in [-0.1, -0.05) is 11.6 Å². The fraction of sp³-hybridized carbons (Fsp3) is 0.286. The Hall–Kier alpha value is -1.33. The van der Waals surface area contributed by atoms with E-state index in [0.29, 0.717) is 5.56 Å². The number of hydrogen-bond acceptors (Lipinski definition) is 3. The van der Waals surface area contributed by atoms with Crippen molar-refractivity contribution in [3.05, 3.63) is 51.6 Å². The zero-order chi connectivity index (χ0) is 14.5. The number of nitrogens with zero attached hydrogens (tertiary/aromatic N) is 1. The summed E-state index contributed by atoms with van der Waals surface area (Å²) in [6.07, 6.45) is 4.77. The molecule has 0 radical (unpaired) electrons. The fourth-order valence-corrected chi connectivity index (χ4v) is 2.29. The van der Waals surface area contributed by atoms with Gasteiger partial charge < -0.3 is 9.73 Å². The van der Waals surface area contributed by atoms with Crippen LogP contribution in [0.5, 0.6) is 0 Å². The molecule has 1 amide bonds. The van der Waals surface area contributed by atoms with E-state index in [9.17, 15) is 4.79 Å². The standard InChI is InChI=1S/C14H14BrClN2O2/c1-9(4-5-11-3-2-6-20-11)18-14(19)12-7-10(15)8-17-13(12)16/h2-3,6-9H,4-5H2,1H3,(H,18,19). The van der Waals surface area contributed by atoms with E-state index in [4.69, 9.17) is 16.0 Å². The van der Waals surface area contributed by atoms with Crippen molar-refractivity contribution in [2.24, 2.45) is 0 Å². The van der Waals surface area contributed by atoms with Gasteiger partial charge in [-0.05, 0) is 47.5 Å². The molecule has 6 heteroatoms. The number of carbonyl (C=O) groups is 1. The van der Waals surface area contributed by atoms with Crippen LogP contribution >= 0.6 is 27.5 Å². The second-order valence-electron chi connectivity index (χ2n) is 4.48. The first-order valence-electron chi connectivity index (χ1n) is 6.20. The van der Waals surface area contributed by atoms with Gasteiger partial charge in [0.1, 0.15) is 10.9 Å². The van der Waals surface area contributed by atoms with Crippen molar-refractivity contribution in [1.29, 1.82) is 0 Å². The van der Waals surface area contributed by atoms with E-state index >= 15 is 0 Å². The van der Waals surface area contributed by atoms with E-state index in [2.05, 4.69) is 26.2 Å². The highest BCUT2D eigenvalue weighted by Crippen LogP contribution is 2.18. The van der Waals surface area contributed by atoms with E-state index < -0.39 is 0 Å². The molecule has 0 aromatic carbocycles. The van der Waals surface area contributed by atoms with Crippen LogP contribution in [-0.4, -0.2) is 16.9 Å². The Morgan fingerprint density at radius 3 is 3.10 bits per heavy atom. The predicted octanol–water partition coefficient (Wildman–Crippen LogP) is 3.84. The third-order valence-corrected chi connectivity index (χ3v) is 3.57. The van der Waals surface area contributed by atoms with Crippen molar-refractivity contribution >= 4 is 33.4 Å². The van der Waals surface area contributed by atoms with Crippen LogP contribution in [0.25, 0.3) is 0 Å². The summed E-state index contributed by atoms with van der Waals surface area (Å²) in [4.78, 5) is 16.0. The first-order valence-corrected chi connectivity index (χ1v) is 7.37. The van der Waals surface area contributed by atoms with Crippen molar-refractivity contribution < 1.29 is 9.21 Å². The zero-order valence-electron chi connectivity index (χ0n) is 10.9. The molecule has 2 aromatic rings. The summed E-state index contributed by atoms with van der Waals surface area (Å²) in [5.41, 5.74) is 0.367. The zero-order valence-corrected chi connectivity index (χ0v) is 13.2. The summed E-state index contributed by atoms with van der Waals surface area (Å²) in [5.74, 6) is 0.684. The summed E-state index contributed by atoms with van der Waals surface area (Å²) >= 11 is 9.20. The number of aryl methyl sites for hydroxylation is 1. The number of hydrogen-bond donors (Lipinski definition) is 1. The molecular formula is C14H14BrClN2O2. The number of amides is 1. The molecule has 1 N–H and O–H groups in total. The van der Waals surface area contributed by atoms with Gasteiger partial charge in [-0.2, -0.15) is 0 Å². The summed E-state index contributed by atoms with van der Waals surface area (Å²) in [7, 11) is 0. The van der Waals surface area contributed by atoms with Crippen LogP contribution in [0, 0.1) is 0 Å². The molecule has 0 fully saturated rings. The Labute approximate surface area is 130 Å². The lowest BCUT2D eigenvalue weighted by atomic mass is 10.1. The Morgan fingerprint density at radius 2 is 2.40 bits per heavy atom. The Bertz CT molecular complexity index is 587. The van der Waals surface area contributed by atoms with Crippen LogP contribution in [0.15, 0.2) is 39.5 Å². The number of rotatable bonds is 5. The van der Waals surface area contributed by atoms with Crippen molar-refractivity contribution in [2.45, 2.75) is 25.8 Å². The lowest BCUT2D eigenvalue weighted by molar-refractivity contribution is 0.0938. The highest BCUT2D eigenvalue weighted by Gasteiger charge is 2.14. The number of furan rings is 1. The van der Waals surface area contributed by atoms with Gasteiger partial charge in [-0.25, -0.2) is 4.98 Å². The van der Waals surface area contributed by atoms with Crippen molar-refractivity contribution in [3.63, 3.8) is 0 Å². The van der Waals surface area contributed by atoms with Crippen LogP contribution in [0.4, 0.5) is 0 Å². The van der Waals surface area contributed by atoms with Crippen molar-refractivity contribution in [2.75, 3.05) is 0 Å². The molecular weight excluding hydrogens is 344 g/mol. The Balaban J connectivity index is 1.91. The molecule has 1 unspecified atom stereocenters. The van der Waals surface area contributed by atoms with Crippen molar-refractivity contribution in [3.8, 4) is 0 Å². The SMILES string of the molecule is CC(CCc1ccco1)NC(=O)c1cc(Br)cnc1Cl. The Kier molecular flexibility index (Phi) is 5.20. The van der Waals surface area contributed by atoms with Crippen LogP contribution in [0.3, 0.4) is 0 Å². The van der Waals surface area contributed by atoms with Gasteiger partial charge in [-0.15, -0.1) is 0 Å². The summed E-state index contributed by atoms with van der Waals surface area (Å²) < 4.78 is 5.98. The van der Waals surface area contributed by atoms with Gasteiger partial charge in [0, 0.05) is 23.1 Å². The molecule has 2 heterocycles. The quantitative estimate of drug-likeness (QED) is 0.827. The minimum Gasteiger partial charge on any atom is -0.469 e. The van der Waals surface area contributed by atoms with Gasteiger partial charge in [0.15, 0.2) is 0 Å². The first kappa shape index (κ1) is 15.1. The maximum Gasteiger partial charge on any atom is 0.254 e. The average molecular weight is 358 g/mol. The molecule has 1 atom stereocenters. The normalized spacial score (nSPS) is 12.2. The second kappa shape index (κ2) is 6.90. The van der Waals surface area contributed by atoms with Crippen LogP contribution in [0.2, 0.25) is 5.15 Å². The molecule has 0 aliphatic carbocycles. The van der Waals surface area contributed by atoms with Gasteiger partial charge in [0.25, 0.3) is 5.91 Å². The largest absolute Gasteiger partial charge is 0.469 e. The highest BCUT2D eigenvalue weighted by molar-refractivity contribution is 9.10. The third kappa shape index (κ3) is 4.08. The molecule has 106 valence electrons. The topological polar surface area (TPSA) is 55.1 Å². The molecule has 4 nitrogen and oxygen atoms in total. The lowest BCUT2D eigenvalue weighted by Gasteiger charge is -2.13. The molecule has 0 bridgehead atoms. The molecule has 20 heavy (non-hydrogen) atoms.